The van der Waals surface area contributed by atoms with E-state index < -0.39 is 0 Å². The lowest BCUT2D eigenvalue weighted by Gasteiger charge is -2.35. The molecule has 0 saturated carbocycles. The van der Waals surface area contributed by atoms with Crippen molar-refractivity contribution in [1.82, 2.24) is 9.91 Å². The quantitative estimate of drug-likeness (QED) is 0.721. The summed E-state index contributed by atoms with van der Waals surface area (Å²) in [7, 11) is 0. The van der Waals surface area contributed by atoms with Gasteiger partial charge in [-0.05, 0) is 18.9 Å². The summed E-state index contributed by atoms with van der Waals surface area (Å²) in [5, 5.41) is 6.35. The van der Waals surface area contributed by atoms with Crippen molar-refractivity contribution >= 4 is 34.0 Å². The number of carbonyl (C=O) groups excluding carboxylic acids is 1. The molecule has 108 valence electrons. The second-order valence-electron chi connectivity index (χ2n) is 5.39. The smallest absolute Gasteiger partial charge is 0.219 e. The van der Waals surface area contributed by atoms with Crippen molar-refractivity contribution in [2.24, 2.45) is 21.7 Å². The van der Waals surface area contributed by atoms with E-state index >= 15 is 0 Å². The lowest BCUT2D eigenvalue weighted by molar-refractivity contribution is -0.130. The molecule has 6 nitrogen and oxygen atoms in total. The molecule has 0 aromatic rings. The van der Waals surface area contributed by atoms with Crippen molar-refractivity contribution < 1.29 is 4.79 Å². The predicted octanol–water partition coefficient (Wildman–Crippen LogP) is 0.891. The Kier molecular flexibility index (Phi) is 3.54. The molecule has 3 heterocycles. The van der Waals surface area contributed by atoms with Gasteiger partial charge < -0.3 is 10.6 Å². The summed E-state index contributed by atoms with van der Waals surface area (Å²) in [6.45, 7) is 3.26. The topological polar surface area (TPSA) is 74.3 Å². The third-order valence-electron chi connectivity index (χ3n) is 4.20. The molecule has 0 radical (unpaired) electrons. The number of carbonyl (C=O) groups is 1. The van der Waals surface area contributed by atoms with E-state index in [9.17, 15) is 4.79 Å². The molecule has 1 amide bonds. The minimum atomic E-state index is -0.0131. The van der Waals surface area contributed by atoms with Crippen LogP contribution in [0.2, 0.25) is 0 Å². The van der Waals surface area contributed by atoms with E-state index in [1.807, 2.05) is 9.91 Å². The normalized spacial score (nSPS) is 30.1. The standard InChI is InChI=1S/C13H18BrN5O/c1-8(20)18-4-2-9(3-5-18)11-6-10(14)12-13(15)16-7-17-19(11)12/h6-7,9-10,12H,2-5H2,1H3,(H2,15,16,17). The Hall–Kier alpha value is -1.37. The molecular weight excluding hydrogens is 322 g/mol. The molecule has 1 fully saturated rings. The van der Waals surface area contributed by atoms with Gasteiger partial charge in [0.25, 0.3) is 0 Å². The molecule has 2 unspecified atom stereocenters. The van der Waals surface area contributed by atoms with Crippen molar-refractivity contribution in [3.63, 3.8) is 0 Å². The Labute approximate surface area is 126 Å². The molecule has 7 heteroatoms. The first-order valence-electron chi connectivity index (χ1n) is 6.84. The number of hydrogen-bond acceptors (Lipinski definition) is 5. The van der Waals surface area contributed by atoms with Crippen molar-refractivity contribution in [2.45, 2.75) is 30.6 Å². The summed E-state index contributed by atoms with van der Waals surface area (Å²) in [5.74, 6) is 1.18. The Morgan fingerprint density at radius 3 is 2.80 bits per heavy atom. The van der Waals surface area contributed by atoms with Gasteiger partial charge in [-0.25, -0.2) is 4.99 Å². The summed E-state index contributed by atoms with van der Waals surface area (Å²) in [6, 6.07) is -0.0131. The fraction of sp³-hybridized carbons (Fsp3) is 0.615. The molecule has 3 aliphatic heterocycles. The molecule has 20 heavy (non-hydrogen) atoms. The number of hydrazone groups is 1. The highest BCUT2D eigenvalue weighted by molar-refractivity contribution is 9.09. The molecule has 3 aliphatic rings. The van der Waals surface area contributed by atoms with Gasteiger partial charge in [0.15, 0.2) is 0 Å². The van der Waals surface area contributed by atoms with Crippen LogP contribution in [-0.4, -0.2) is 51.9 Å². The molecule has 2 N–H and O–H groups in total. The zero-order chi connectivity index (χ0) is 14.3. The Morgan fingerprint density at radius 1 is 1.45 bits per heavy atom. The minimum absolute atomic E-state index is 0.0131. The van der Waals surface area contributed by atoms with Crippen molar-refractivity contribution in [3.8, 4) is 0 Å². The van der Waals surface area contributed by atoms with Gasteiger partial charge in [0.1, 0.15) is 18.2 Å². The van der Waals surface area contributed by atoms with E-state index in [2.05, 4.69) is 32.1 Å². The van der Waals surface area contributed by atoms with Crippen molar-refractivity contribution in [3.05, 3.63) is 11.8 Å². The first-order valence-corrected chi connectivity index (χ1v) is 7.75. The summed E-state index contributed by atoms with van der Waals surface area (Å²) >= 11 is 3.65. The van der Waals surface area contributed by atoms with Gasteiger partial charge in [0, 0.05) is 31.6 Å². The van der Waals surface area contributed by atoms with Gasteiger partial charge in [-0.15, -0.1) is 0 Å². The molecule has 1 saturated heterocycles. The van der Waals surface area contributed by atoms with Crippen LogP contribution in [0, 0.1) is 5.92 Å². The molecule has 2 atom stereocenters. The molecule has 0 aromatic heterocycles. The van der Waals surface area contributed by atoms with Crippen LogP contribution in [0.5, 0.6) is 0 Å². The largest absolute Gasteiger partial charge is 0.385 e. The van der Waals surface area contributed by atoms with E-state index in [0.29, 0.717) is 11.8 Å². The number of rotatable bonds is 1. The van der Waals surface area contributed by atoms with Crippen molar-refractivity contribution in [1.29, 1.82) is 0 Å². The summed E-state index contributed by atoms with van der Waals surface area (Å²) in [5.41, 5.74) is 7.17. The lowest BCUT2D eigenvalue weighted by Crippen LogP contribution is -2.46. The second-order valence-corrected chi connectivity index (χ2v) is 6.45. The third-order valence-corrected chi connectivity index (χ3v) is 4.97. The Bertz CT molecular complexity index is 507. The van der Waals surface area contributed by atoms with Gasteiger partial charge >= 0.3 is 0 Å². The first-order chi connectivity index (χ1) is 9.58. The van der Waals surface area contributed by atoms with Gasteiger partial charge in [0.05, 0.1) is 4.83 Å². The number of amides is 1. The number of hydrogen-bond donors (Lipinski definition) is 1. The van der Waals surface area contributed by atoms with Crippen LogP contribution in [0.15, 0.2) is 21.9 Å². The SMILES string of the molecule is CC(=O)N1CCC(C2=CC(Br)C3C(N)=NC=NN23)CC1. The fourth-order valence-electron chi connectivity index (χ4n) is 3.09. The Morgan fingerprint density at radius 2 is 2.15 bits per heavy atom. The molecule has 0 bridgehead atoms. The van der Waals surface area contributed by atoms with E-state index in [0.717, 1.165) is 25.9 Å². The molecular formula is C13H18BrN5O. The highest BCUT2D eigenvalue weighted by atomic mass is 79.9. The van der Waals surface area contributed by atoms with Crippen LogP contribution in [0.4, 0.5) is 0 Å². The maximum absolute atomic E-state index is 11.4. The summed E-state index contributed by atoms with van der Waals surface area (Å²) in [6.07, 6.45) is 5.64. The monoisotopic (exact) mass is 339 g/mol. The maximum Gasteiger partial charge on any atom is 0.219 e. The zero-order valence-corrected chi connectivity index (χ0v) is 13.0. The van der Waals surface area contributed by atoms with Gasteiger partial charge in [-0.1, -0.05) is 15.9 Å². The molecule has 0 aromatic carbocycles. The van der Waals surface area contributed by atoms with Crippen LogP contribution >= 0.6 is 15.9 Å². The maximum atomic E-state index is 11.4. The Balaban J connectivity index is 1.73. The number of alkyl halides is 1. The third kappa shape index (κ3) is 2.24. The lowest BCUT2D eigenvalue weighted by atomic mass is 9.93. The van der Waals surface area contributed by atoms with Gasteiger partial charge in [-0.2, -0.15) is 5.10 Å². The van der Waals surface area contributed by atoms with E-state index in [1.54, 1.807) is 6.92 Å². The molecule has 0 aliphatic carbocycles. The van der Waals surface area contributed by atoms with Gasteiger partial charge in [-0.3, -0.25) is 9.80 Å². The average Bonchev–Trinajstić information content (AvgIpc) is 2.77. The van der Waals surface area contributed by atoms with Gasteiger partial charge in [0.2, 0.25) is 5.91 Å². The van der Waals surface area contributed by atoms with Crippen molar-refractivity contribution in [2.75, 3.05) is 13.1 Å². The van der Waals surface area contributed by atoms with Crippen LogP contribution in [-0.2, 0) is 4.79 Å². The first kappa shape index (κ1) is 13.6. The van der Waals surface area contributed by atoms with Crippen LogP contribution in [0.3, 0.4) is 0 Å². The number of nitrogens with two attached hydrogens (primary N) is 1. The highest BCUT2D eigenvalue weighted by Crippen LogP contribution is 2.37. The summed E-state index contributed by atoms with van der Waals surface area (Å²) in [4.78, 5) is 17.5. The van der Waals surface area contributed by atoms with E-state index in [4.69, 9.17) is 5.73 Å². The van der Waals surface area contributed by atoms with Crippen LogP contribution in [0.1, 0.15) is 19.8 Å². The fourth-order valence-corrected chi connectivity index (χ4v) is 3.86. The number of piperidine rings is 1. The number of nitrogens with zero attached hydrogens (tertiary/aromatic N) is 4. The van der Waals surface area contributed by atoms with Crippen LogP contribution in [0.25, 0.3) is 0 Å². The molecule has 3 rings (SSSR count). The number of allylic oxidation sites excluding steroid dienone is 1. The van der Waals surface area contributed by atoms with Crippen LogP contribution < -0.4 is 5.73 Å². The second kappa shape index (κ2) is 5.20. The predicted molar refractivity (Wildman–Crippen MR) is 81.5 cm³/mol. The zero-order valence-electron chi connectivity index (χ0n) is 11.4. The van der Waals surface area contributed by atoms with E-state index in [1.165, 1.54) is 12.0 Å². The number of halogens is 1. The highest BCUT2D eigenvalue weighted by Gasteiger charge is 2.40. The number of fused-ring (bicyclic) bond motifs is 1. The van der Waals surface area contributed by atoms with E-state index in [-0.39, 0.29) is 16.8 Å². The number of likely N-dealkylation sites (tertiary alicyclic amines) is 1. The summed E-state index contributed by atoms with van der Waals surface area (Å²) < 4.78 is 0. The minimum Gasteiger partial charge on any atom is -0.385 e. The average molecular weight is 340 g/mol. The molecule has 0 spiro atoms. The number of amidine groups is 1. The number of aliphatic imine (C=N–C) groups is 1.